The lowest BCUT2D eigenvalue weighted by molar-refractivity contribution is 0.0326. The molecule has 0 aliphatic rings. The normalized spacial score (nSPS) is 13.2. The number of halogens is 2. The van der Waals surface area contributed by atoms with Crippen LogP contribution in [0.15, 0.2) is 18.2 Å². The Hall–Kier alpha value is -1.66. The number of ether oxygens (including phenoxy) is 2. The van der Waals surface area contributed by atoms with Crippen molar-refractivity contribution < 1.29 is 19.1 Å². The first-order valence-corrected chi connectivity index (χ1v) is 7.94. The third-order valence-corrected chi connectivity index (χ3v) is 3.98. The zero-order chi connectivity index (χ0) is 17.4. The Morgan fingerprint density at radius 2 is 1.78 bits per heavy atom. The van der Waals surface area contributed by atoms with Gasteiger partial charge in [0.2, 0.25) is 0 Å². The first-order chi connectivity index (χ1) is 10.9. The topological polar surface area (TPSA) is 105 Å². The van der Waals surface area contributed by atoms with Gasteiger partial charge in [0.15, 0.2) is 0 Å². The highest BCUT2D eigenvalue weighted by atomic mass is 35.5. The maximum absolute atomic E-state index is 11.3. The summed E-state index contributed by atoms with van der Waals surface area (Å²) in [6, 6.07) is 4.94. The highest BCUT2D eigenvalue weighted by Gasteiger charge is 2.30. The highest BCUT2D eigenvalue weighted by Crippen LogP contribution is 2.38. The maximum atomic E-state index is 11.3. The van der Waals surface area contributed by atoms with Crippen molar-refractivity contribution in [2.24, 2.45) is 17.4 Å². The van der Waals surface area contributed by atoms with Crippen molar-refractivity contribution in [3.8, 4) is 0 Å². The molecule has 1 rings (SSSR count). The fourth-order valence-electron chi connectivity index (χ4n) is 2.28. The van der Waals surface area contributed by atoms with E-state index in [4.69, 9.17) is 44.1 Å². The zero-order valence-electron chi connectivity index (χ0n) is 12.8. The molecule has 0 aliphatic carbocycles. The molecular formula is C15H20Cl2N2O4. The molecule has 2 atom stereocenters. The van der Waals surface area contributed by atoms with Crippen molar-refractivity contribution >= 4 is 35.4 Å². The predicted molar refractivity (Wildman–Crippen MR) is 88.4 cm³/mol. The van der Waals surface area contributed by atoms with Crippen LogP contribution < -0.4 is 11.5 Å². The summed E-state index contributed by atoms with van der Waals surface area (Å²) in [5.74, 6) is -0.368. The Bertz CT molecular complexity index is 534. The van der Waals surface area contributed by atoms with Gasteiger partial charge in [-0.2, -0.15) is 0 Å². The zero-order valence-corrected chi connectivity index (χ0v) is 14.3. The van der Waals surface area contributed by atoms with Crippen LogP contribution >= 0.6 is 23.2 Å². The summed E-state index contributed by atoms with van der Waals surface area (Å²) in [6.07, 6.45) is -0.357. The summed E-state index contributed by atoms with van der Waals surface area (Å²) < 4.78 is 10.1. The molecule has 23 heavy (non-hydrogen) atoms. The molecule has 128 valence electrons. The molecule has 6 nitrogen and oxygen atoms in total. The van der Waals surface area contributed by atoms with Gasteiger partial charge in [-0.05, 0) is 18.6 Å². The number of rotatable bonds is 8. The molecule has 0 heterocycles. The molecular weight excluding hydrogens is 343 g/mol. The second kappa shape index (κ2) is 9.47. The number of hydrogen-bond acceptors (Lipinski definition) is 4. The number of hydrogen-bond donors (Lipinski definition) is 2. The average molecular weight is 363 g/mol. The fraction of sp³-hybridized carbons (Fsp3) is 0.467. The van der Waals surface area contributed by atoms with Crippen LogP contribution in [0, 0.1) is 5.92 Å². The molecule has 0 bridgehead atoms. The number of amides is 2. The van der Waals surface area contributed by atoms with E-state index in [1.54, 1.807) is 18.2 Å². The summed E-state index contributed by atoms with van der Waals surface area (Å²) in [5, 5.41) is 0.675. The summed E-state index contributed by atoms with van der Waals surface area (Å²) in [5.41, 5.74) is 10.6. The predicted octanol–water partition coefficient (Wildman–Crippen LogP) is 4.03. The minimum atomic E-state index is -0.966. The number of unbranched alkanes of at least 4 members (excludes halogenated alkanes) is 1. The van der Waals surface area contributed by atoms with Crippen molar-refractivity contribution in [1.82, 2.24) is 0 Å². The van der Waals surface area contributed by atoms with E-state index in [1.165, 1.54) is 0 Å². The minimum absolute atomic E-state index is 0.0329. The van der Waals surface area contributed by atoms with Crippen LogP contribution in [0.4, 0.5) is 9.59 Å². The number of primary amides is 2. The summed E-state index contributed by atoms with van der Waals surface area (Å²) in [7, 11) is 0. The molecule has 1 aromatic rings. The molecule has 0 spiro atoms. The SMILES string of the molecule is CCCC[C@H](COC(N)=O)[C@@H](OC(N)=O)c1c(Cl)cccc1Cl. The first-order valence-electron chi connectivity index (χ1n) is 7.19. The smallest absolute Gasteiger partial charge is 0.405 e. The third kappa shape index (κ3) is 6.15. The number of benzene rings is 1. The van der Waals surface area contributed by atoms with Crippen molar-refractivity contribution in [1.29, 1.82) is 0 Å². The van der Waals surface area contributed by atoms with Gasteiger partial charge in [0.05, 0.1) is 6.61 Å². The molecule has 8 heteroatoms. The largest absolute Gasteiger partial charge is 0.449 e. The van der Waals surface area contributed by atoms with Crippen molar-refractivity contribution in [3.63, 3.8) is 0 Å². The lowest BCUT2D eigenvalue weighted by Gasteiger charge is -2.27. The van der Waals surface area contributed by atoms with E-state index in [-0.39, 0.29) is 12.5 Å². The van der Waals surface area contributed by atoms with Crippen LogP contribution in [0.2, 0.25) is 10.0 Å². The average Bonchev–Trinajstić information content (AvgIpc) is 2.45. The summed E-state index contributed by atoms with van der Waals surface area (Å²) in [6.45, 7) is 1.98. The van der Waals surface area contributed by atoms with Crippen molar-refractivity contribution in [2.75, 3.05) is 6.61 Å². The minimum Gasteiger partial charge on any atom is -0.449 e. The molecule has 0 radical (unpaired) electrons. The van der Waals surface area contributed by atoms with Gasteiger partial charge < -0.3 is 20.9 Å². The van der Waals surface area contributed by atoms with Gasteiger partial charge in [0.25, 0.3) is 0 Å². The lowest BCUT2D eigenvalue weighted by atomic mass is 9.91. The quantitative estimate of drug-likeness (QED) is 0.727. The first kappa shape index (κ1) is 19.4. The van der Waals surface area contributed by atoms with Gasteiger partial charge in [0, 0.05) is 21.5 Å². The second-order valence-corrected chi connectivity index (χ2v) is 5.84. The molecule has 0 saturated carbocycles. The highest BCUT2D eigenvalue weighted by molar-refractivity contribution is 6.36. The van der Waals surface area contributed by atoms with Crippen molar-refractivity contribution in [2.45, 2.75) is 32.3 Å². The molecule has 4 N–H and O–H groups in total. The van der Waals surface area contributed by atoms with E-state index in [1.807, 2.05) is 6.92 Å². The van der Waals surface area contributed by atoms with Crippen molar-refractivity contribution in [3.05, 3.63) is 33.8 Å². The standard InChI is InChI=1S/C15H20Cl2N2O4/c1-2-3-5-9(8-22-14(18)20)13(23-15(19)21)12-10(16)6-4-7-11(12)17/h4,6-7,9,13H,2-3,5,8H2,1H3,(H2,18,20)(H2,19,21)/t9-,13-/m1/s1. The molecule has 0 aromatic heterocycles. The Morgan fingerprint density at radius 1 is 1.17 bits per heavy atom. The van der Waals surface area contributed by atoms with Crippen LogP contribution in [-0.2, 0) is 9.47 Å². The van der Waals surface area contributed by atoms with Gasteiger partial charge >= 0.3 is 12.2 Å². The van der Waals surface area contributed by atoms with Crippen LogP contribution in [-0.4, -0.2) is 18.8 Å². The van der Waals surface area contributed by atoms with Crippen LogP contribution in [0.25, 0.3) is 0 Å². The Balaban J connectivity index is 3.17. The third-order valence-electron chi connectivity index (χ3n) is 3.32. The van der Waals surface area contributed by atoms with Crippen LogP contribution in [0.1, 0.15) is 37.9 Å². The van der Waals surface area contributed by atoms with E-state index in [9.17, 15) is 9.59 Å². The van der Waals surface area contributed by atoms with Crippen LogP contribution in [0.5, 0.6) is 0 Å². The summed E-state index contributed by atoms with van der Waals surface area (Å²) >= 11 is 12.4. The van der Waals surface area contributed by atoms with E-state index >= 15 is 0 Å². The molecule has 0 saturated heterocycles. The lowest BCUT2D eigenvalue weighted by Crippen LogP contribution is -2.28. The van der Waals surface area contributed by atoms with E-state index in [0.717, 1.165) is 12.8 Å². The number of carbonyl (C=O) groups excluding carboxylic acids is 2. The van der Waals surface area contributed by atoms with Gasteiger partial charge in [-0.25, -0.2) is 9.59 Å². The number of carbonyl (C=O) groups is 2. The van der Waals surface area contributed by atoms with Gasteiger partial charge in [-0.15, -0.1) is 0 Å². The Morgan fingerprint density at radius 3 is 2.26 bits per heavy atom. The van der Waals surface area contributed by atoms with Gasteiger partial charge in [0.1, 0.15) is 6.10 Å². The Labute approximate surface area is 145 Å². The molecule has 2 amide bonds. The van der Waals surface area contributed by atoms with E-state index in [2.05, 4.69) is 0 Å². The van der Waals surface area contributed by atoms with E-state index in [0.29, 0.717) is 22.0 Å². The molecule has 0 aliphatic heterocycles. The van der Waals surface area contributed by atoms with Crippen LogP contribution in [0.3, 0.4) is 0 Å². The van der Waals surface area contributed by atoms with Gasteiger partial charge in [-0.1, -0.05) is 49.0 Å². The molecule has 1 aromatic carbocycles. The Kier molecular flexibility index (Phi) is 7.98. The molecule has 0 unspecified atom stereocenters. The maximum Gasteiger partial charge on any atom is 0.405 e. The van der Waals surface area contributed by atoms with Gasteiger partial charge in [-0.3, -0.25) is 0 Å². The number of nitrogens with two attached hydrogens (primary N) is 2. The summed E-state index contributed by atoms with van der Waals surface area (Å²) in [4.78, 5) is 22.2. The van der Waals surface area contributed by atoms with E-state index < -0.39 is 18.3 Å². The monoisotopic (exact) mass is 362 g/mol. The fourth-order valence-corrected chi connectivity index (χ4v) is 2.89. The second-order valence-electron chi connectivity index (χ2n) is 5.03. The molecule has 0 fully saturated rings.